The van der Waals surface area contributed by atoms with Crippen molar-refractivity contribution in [2.24, 2.45) is 0 Å². The highest BCUT2D eigenvalue weighted by atomic mass is 32.2. The fourth-order valence-corrected chi connectivity index (χ4v) is 4.28. The van der Waals surface area contributed by atoms with Gasteiger partial charge in [-0.3, -0.25) is 9.36 Å². The zero-order valence-corrected chi connectivity index (χ0v) is 16.8. The maximum Gasteiger partial charge on any atom is 0.233 e. The molecule has 0 aliphatic carbocycles. The Morgan fingerprint density at radius 3 is 2.46 bits per heavy atom. The first-order valence-corrected chi connectivity index (χ1v) is 10.4. The van der Waals surface area contributed by atoms with Gasteiger partial charge >= 0.3 is 0 Å². The second-order valence-electron chi connectivity index (χ2n) is 7.09. The first-order valence-electron chi connectivity index (χ1n) is 9.46. The Kier molecular flexibility index (Phi) is 6.35. The van der Waals surface area contributed by atoms with Crippen molar-refractivity contribution >= 4 is 17.7 Å². The fourth-order valence-electron chi connectivity index (χ4n) is 3.39. The summed E-state index contributed by atoms with van der Waals surface area (Å²) in [5, 5.41) is 9.36. The summed E-state index contributed by atoms with van der Waals surface area (Å²) in [6.45, 7) is 7.91. The largest absolute Gasteiger partial charge is 0.342 e. The molecule has 140 valence electrons. The molecule has 0 radical (unpaired) electrons. The van der Waals surface area contributed by atoms with Crippen molar-refractivity contribution < 1.29 is 4.79 Å². The molecule has 2 heterocycles. The lowest BCUT2D eigenvalue weighted by molar-refractivity contribution is -0.128. The van der Waals surface area contributed by atoms with Gasteiger partial charge in [0.2, 0.25) is 5.91 Å². The number of carbonyl (C=O) groups is 1. The molecule has 1 aromatic carbocycles. The first kappa shape index (κ1) is 19.0. The molecule has 0 unspecified atom stereocenters. The number of aryl methyl sites for hydroxylation is 3. The molecule has 1 saturated heterocycles. The molecule has 6 heteroatoms. The SMILES string of the molecule is Cc1ccc(C)c(-n2c(C)nnc2SCC(=O)N2CCCCCCC2)c1. The Bertz CT molecular complexity index is 763. The molecular formula is C20H28N4OS. The highest BCUT2D eigenvalue weighted by Crippen LogP contribution is 2.25. The molecule has 1 aromatic heterocycles. The number of likely N-dealkylation sites (tertiary alicyclic amines) is 1. The van der Waals surface area contributed by atoms with Gasteiger partial charge in [0.05, 0.1) is 11.4 Å². The molecule has 3 rings (SSSR count). The highest BCUT2D eigenvalue weighted by Gasteiger charge is 2.18. The van der Waals surface area contributed by atoms with E-state index in [0.29, 0.717) is 5.75 Å². The molecule has 0 bridgehead atoms. The van der Waals surface area contributed by atoms with Crippen LogP contribution in [0.15, 0.2) is 23.4 Å². The zero-order chi connectivity index (χ0) is 18.5. The van der Waals surface area contributed by atoms with Gasteiger partial charge in [0.1, 0.15) is 5.82 Å². The lowest BCUT2D eigenvalue weighted by Crippen LogP contribution is -2.35. The molecule has 1 amide bonds. The van der Waals surface area contributed by atoms with Crippen molar-refractivity contribution in [1.29, 1.82) is 0 Å². The Balaban J connectivity index is 1.73. The minimum Gasteiger partial charge on any atom is -0.342 e. The summed E-state index contributed by atoms with van der Waals surface area (Å²) in [5.41, 5.74) is 3.47. The van der Waals surface area contributed by atoms with Crippen LogP contribution in [0.5, 0.6) is 0 Å². The van der Waals surface area contributed by atoms with E-state index in [4.69, 9.17) is 0 Å². The van der Waals surface area contributed by atoms with Crippen LogP contribution in [0.1, 0.15) is 49.1 Å². The van der Waals surface area contributed by atoms with E-state index in [1.54, 1.807) is 0 Å². The van der Waals surface area contributed by atoms with Crippen LogP contribution in [-0.4, -0.2) is 44.4 Å². The second-order valence-corrected chi connectivity index (χ2v) is 8.03. The smallest absolute Gasteiger partial charge is 0.233 e. The maximum atomic E-state index is 12.7. The van der Waals surface area contributed by atoms with Crippen molar-refractivity contribution in [3.05, 3.63) is 35.2 Å². The molecular weight excluding hydrogens is 344 g/mol. The van der Waals surface area contributed by atoms with Crippen molar-refractivity contribution in [1.82, 2.24) is 19.7 Å². The van der Waals surface area contributed by atoms with Crippen LogP contribution in [0.4, 0.5) is 0 Å². The first-order chi connectivity index (χ1) is 12.6. The van der Waals surface area contributed by atoms with E-state index in [1.165, 1.54) is 42.2 Å². The normalized spacial score (nSPS) is 15.6. The monoisotopic (exact) mass is 372 g/mol. The van der Waals surface area contributed by atoms with Gasteiger partial charge < -0.3 is 4.90 Å². The molecule has 1 fully saturated rings. The third-order valence-corrected chi connectivity index (χ3v) is 5.85. The summed E-state index contributed by atoms with van der Waals surface area (Å²) >= 11 is 1.49. The summed E-state index contributed by atoms with van der Waals surface area (Å²) in [4.78, 5) is 14.7. The second kappa shape index (κ2) is 8.71. The minimum atomic E-state index is 0.213. The van der Waals surface area contributed by atoms with Gasteiger partial charge in [-0.1, -0.05) is 43.2 Å². The topological polar surface area (TPSA) is 51.0 Å². The Morgan fingerprint density at radius 1 is 1.04 bits per heavy atom. The van der Waals surface area contributed by atoms with Crippen molar-refractivity contribution in [3.8, 4) is 5.69 Å². The number of rotatable bonds is 4. The van der Waals surface area contributed by atoms with E-state index in [1.807, 2.05) is 11.8 Å². The summed E-state index contributed by atoms with van der Waals surface area (Å²) in [7, 11) is 0. The summed E-state index contributed by atoms with van der Waals surface area (Å²) in [6, 6.07) is 6.37. The number of benzene rings is 1. The zero-order valence-electron chi connectivity index (χ0n) is 16.0. The summed E-state index contributed by atoms with van der Waals surface area (Å²) in [6.07, 6.45) is 6.01. The van der Waals surface area contributed by atoms with Gasteiger partial charge in [0.25, 0.3) is 0 Å². The van der Waals surface area contributed by atoms with Crippen LogP contribution >= 0.6 is 11.8 Å². The van der Waals surface area contributed by atoms with E-state index >= 15 is 0 Å². The van der Waals surface area contributed by atoms with Gasteiger partial charge in [-0.25, -0.2) is 0 Å². The maximum absolute atomic E-state index is 12.7. The Hall–Kier alpha value is -1.82. The quantitative estimate of drug-likeness (QED) is 0.759. The lowest BCUT2D eigenvalue weighted by atomic mass is 10.1. The predicted octanol–water partition coefficient (Wildman–Crippen LogP) is 4.08. The van der Waals surface area contributed by atoms with Crippen molar-refractivity contribution in [3.63, 3.8) is 0 Å². The fraction of sp³-hybridized carbons (Fsp3) is 0.550. The van der Waals surface area contributed by atoms with E-state index in [-0.39, 0.29) is 5.91 Å². The van der Waals surface area contributed by atoms with Crippen LogP contribution in [0, 0.1) is 20.8 Å². The molecule has 26 heavy (non-hydrogen) atoms. The Labute approximate surface area is 160 Å². The molecule has 1 aliphatic rings. The summed E-state index contributed by atoms with van der Waals surface area (Å²) in [5.74, 6) is 1.48. The molecule has 0 spiro atoms. The standard InChI is InChI=1S/C20H28N4OS/c1-15-9-10-16(2)18(13-15)24-17(3)21-22-20(24)26-14-19(25)23-11-7-5-4-6-8-12-23/h9-10,13H,4-8,11-12,14H2,1-3H3. The van der Waals surface area contributed by atoms with Crippen LogP contribution in [0.25, 0.3) is 5.69 Å². The molecule has 0 atom stereocenters. The minimum absolute atomic E-state index is 0.213. The average molecular weight is 373 g/mol. The Morgan fingerprint density at radius 2 is 1.73 bits per heavy atom. The van der Waals surface area contributed by atoms with Crippen LogP contribution < -0.4 is 0 Å². The third-order valence-electron chi connectivity index (χ3n) is 4.93. The number of amides is 1. The highest BCUT2D eigenvalue weighted by molar-refractivity contribution is 7.99. The number of thioether (sulfide) groups is 1. The van der Waals surface area contributed by atoms with Crippen molar-refractivity contribution in [2.75, 3.05) is 18.8 Å². The molecule has 2 aromatic rings. The molecule has 0 saturated carbocycles. The molecule has 1 aliphatic heterocycles. The van der Waals surface area contributed by atoms with Gasteiger partial charge in [-0.15, -0.1) is 10.2 Å². The van der Waals surface area contributed by atoms with Crippen LogP contribution in [-0.2, 0) is 4.79 Å². The van der Waals surface area contributed by atoms with E-state index in [2.05, 4.69) is 46.8 Å². The number of nitrogens with zero attached hydrogens (tertiary/aromatic N) is 4. The number of carbonyl (C=O) groups excluding carboxylic acids is 1. The third kappa shape index (κ3) is 4.47. The van der Waals surface area contributed by atoms with Gasteiger partial charge in [0.15, 0.2) is 5.16 Å². The number of hydrogen-bond acceptors (Lipinski definition) is 4. The number of hydrogen-bond donors (Lipinski definition) is 0. The number of aromatic nitrogens is 3. The van der Waals surface area contributed by atoms with Crippen LogP contribution in [0.3, 0.4) is 0 Å². The van der Waals surface area contributed by atoms with Crippen LogP contribution in [0.2, 0.25) is 0 Å². The van der Waals surface area contributed by atoms with Gasteiger partial charge in [-0.2, -0.15) is 0 Å². The van der Waals surface area contributed by atoms with E-state index in [9.17, 15) is 4.79 Å². The summed E-state index contributed by atoms with van der Waals surface area (Å²) < 4.78 is 2.06. The molecule has 5 nitrogen and oxygen atoms in total. The predicted molar refractivity (Wildman–Crippen MR) is 106 cm³/mol. The van der Waals surface area contributed by atoms with Gasteiger partial charge in [0, 0.05) is 13.1 Å². The molecule has 0 N–H and O–H groups in total. The lowest BCUT2D eigenvalue weighted by Gasteiger charge is -2.24. The van der Waals surface area contributed by atoms with E-state index < -0.39 is 0 Å². The van der Waals surface area contributed by atoms with Crippen molar-refractivity contribution in [2.45, 2.75) is 58.0 Å². The average Bonchev–Trinajstić information content (AvgIpc) is 2.95. The van der Waals surface area contributed by atoms with E-state index in [0.717, 1.165) is 42.6 Å². The van der Waals surface area contributed by atoms with Gasteiger partial charge in [-0.05, 0) is 50.8 Å².